The minimum atomic E-state index is -0.791. The van der Waals surface area contributed by atoms with E-state index in [-0.39, 0.29) is 0 Å². The second-order valence-corrected chi connectivity index (χ2v) is 3.33. The van der Waals surface area contributed by atoms with Gasteiger partial charge in [-0.05, 0) is 18.1 Å². The summed E-state index contributed by atoms with van der Waals surface area (Å²) in [6.45, 7) is 2.21. The summed E-state index contributed by atoms with van der Waals surface area (Å²) in [5.41, 5.74) is 4.88. The van der Waals surface area contributed by atoms with E-state index in [4.69, 9.17) is 4.84 Å². The maximum atomic E-state index is 12.7. The lowest BCUT2D eigenvalue weighted by atomic mass is 10.1. The predicted molar refractivity (Wildman–Crippen MR) is 54.6 cm³/mol. The van der Waals surface area contributed by atoms with Crippen molar-refractivity contribution in [2.45, 2.75) is 26.1 Å². The number of benzene rings is 1. The zero-order chi connectivity index (χ0) is 10.4. The van der Waals surface area contributed by atoms with Crippen LogP contribution < -0.4 is 5.48 Å². The largest absolute Gasteiger partial charge is 0.305 e. The van der Waals surface area contributed by atoms with Crippen LogP contribution in [0.15, 0.2) is 24.3 Å². The number of nitrogens with one attached hydrogen (secondary N) is 1. The molecule has 1 aromatic rings. The quantitative estimate of drug-likeness (QED) is 0.731. The Labute approximate surface area is 84.0 Å². The summed E-state index contributed by atoms with van der Waals surface area (Å²) in [7, 11) is 1.58. The molecule has 2 nitrogen and oxygen atoms in total. The summed E-state index contributed by atoms with van der Waals surface area (Å²) in [5, 5.41) is 0. The third-order valence-corrected chi connectivity index (χ3v) is 1.93. The fourth-order valence-corrected chi connectivity index (χ4v) is 1.35. The van der Waals surface area contributed by atoms with E-state index >= 15 is 0 Å². The van der Waals surface area contributed by atoms with E-state index in [9.17, 15) is 4.39 Å². The van der Waals surface area contributed by atoms with Crippen LogP contribution in [0.2, 0.25) is 0 Å². The van der Waals surface area contributed by atoms with E-state index in [1.165, 1.54) is 0 Å². The summed E-state index contributed by atoms with van der Waals surface area (Å²) >= 11 is 0. The molecule has 0 aliphatic rings. The highest BCUT2D eigenvalue weighted by atomic mass is 19.1. The molecule has 1 unspecified atom stereocenters. The molecule has 14 heavy (non-hydrogen) atoms. The molecule has 1 atom stereocenters. The van der Waals surface area contributed by atoms with Crippen molar-refractivity contribution in [1.82, 2.24) is 5.48 Å². The van der Waals surface area contributed by atoms with Crippen molar-refractivity contribution >= 4 is 0 Å². The molecule has 0 aromatic heterocycles. The predicted octanol–water partition coefficient (Wildman–Crippen LogP) is 2.24. The van der Waals surface area contributed by atoms with Crippen LogP contribution in [0.5, 0.6) is 0 Å². The van der Waals surface area contributed by atoms with Crippen LogP contribution in [-0.4, -0.2) is 13.3 Å². The van der Waals surface area contributed by atoms with Crippen molar-refractivity contribution in [2.24, 2.45) is 0 Å². The Morgan fingerprint density at radius 1 is 1.43 bits per heavy atom. The SMILES string of the molecule is CONCc1cccc(CC(C)F)c1. The lowest BCUT2D eigenvalue weighted by Gasteiger charge is -2.06. The highest BCUT2D eigenvalue weighted by molar-refractivity contribution is 5.23. The van der Waals surface area contributed by atoms with Gasteiger partial charge >= 0.3 is 0 Å². The van der Waals surface area contributed by atoms with Crippen molar-refractivity contribution < 1.29 is 9.23 Å². The maximum absolute atomic E-state index is 12.7. The Bertz CT molecular complexity index is 276. The van der Waals surface area contributed by atoms with Gasteiger partial charge in [-0.1, -0.05) is 24.3 Å². The standard InChI is InChI=1S/C11H16FNO/c1-9(12)6-10-4-3-5-11(7-10)8-13-14-2/h3-5,7,9,13H,6,8H2,1-2H3. The molecule has 0 aliphatic heterocycles. The molecule has 0 saturated heterocycles. The molecule has 0 bridgehead atoms. The molecular formula is C11H16FNO. The Kier molecular flexibility index (Phi) is 4.56. The van der Waals surface area contributed by atoms with Gasteiger partial charge < -0.3 is 4.84 Å². The Morgan fingerprint density at radius 3 is 2.79 bits per heavy atom. The lowest BCUT2D eigenvalue weighted by molar-refractivity contribution is 0.0867. The third-order valence-electron chi connectivity index (χ3n) is 1.93. The van der Waals surface area contributed by atoms with Gasteiger partial charge in [-0.2, -0.15) is 5.48 Å². The molecule has 1 rings (SSSR count). The monoisotopic (exact) mass is 197 g/mol. The molecule has 0 amide bonds. The molecule has 0 aliphatic carbocycles. The Morgan fingerprint density at radius 2 is 2.14 bits per heavy atom. The number of rotatable bonds is 5. The first kappa shape index (κ1) is 11.1. The van der Waals surface area contributed by atoms with Crippen LogP contribution >= 0.6 is 0 Å². The molecule has 0 spiro atoms. The number of hydrogen-bond donors (Lipinski definition) is 1. The number of alkyl halides is 1. The first-order valence-electron chi connectivity index (χ1n) is 4.70. The van der Waals surface area contributed by atoms with Gasteiger partial charge in [0.15, 0.2) is 0 Å². The molecular weight excluding hydrogens is 181 g/mol. The summed E-state index contributed by atoms with van der Waals surface area (Å²) in [6, 6.07) is 7.84. The lowest BCUT2D eigenvalue weighted by Crippen LogP contribution is -2.11. The summed E-state index contributed by atoms with van der Waals surface area (Å²) in [4.78, 5) is 4.74. The van der Waals surface area contributed by atoms with Gasteiger partial charge in [0.2, 0.25) is 0 Å². The van der Waals surface area contributed by atoms with Crippen molar-refractivity contribution in [3.8, 4) is 0 Å². The first-order valence-corrected chi connectivity index (χ1v) is 4.70. The highest BCUT2D eigenvalue weighted by Crippen LogP contribution is 2.09. The third kappa shape index (κ3) is 3.85. The van der Waals surface area contributed by atoms with Gasteiger partial charge in [0, 0.05) is 13.0 Å². The van der Waals surface area contributed by atoms with Crippen LogP contribution in [0.3, 0.4) is 0 Å². The average Bonchev–Trinajstić information content (AvgIpc) is 2.14. The van der Waals surface area contributed by atoms with Gasteiger partial charge in [-0.3, -0.25) is 0 Å². The topological polar surface area (TPSA) is 21.3 Å². The zero-order valence-electron chi connectivity index (χ0n) is 8.59. The minimum Gasteiger partial charge on any atom is -0.305 e. The van der Waals surface area contributed by atoms with Crippen LogP contribution in [0.4, 0.5) is 4.39 Å². The molecule has 1 N–H and O–H groups in total. The summed E-state index contributed by atoms with van der Waals surface area (Å²) in [6.07, 6.45) is -0.318. The normalized spacial score (nSPS) is 12.8. The van der Waals surface area contributed by atoms with Gasteiger partial charge in [-0.15, -0.1) is 0 Å². The van der Waals surface area contributed by atoms with E-state index < -0.39 is 6.17 Å². The maximum Gasteiger partial charge on any atom is 0.101 e. The van der Waals surface area contributed by atoms with Crippen LogP contribution in [-0.2, 0) is 17.8 Å². The number of hydrogen-bond acceptors (Lipinski definition) is 2. The van der Waals surface area contributed by atoms with Crippen LogP contribution in [0.1, 0.15) is 18.1 Å². The second-order valence-electron chi connectivity index (χ2n) is 3.33. The van der Waals surface area contributed by atoms with E-state index in [0.29, 0.717) is 13.0 Å². The minimum absolute atomic E-state index is 0.473. The van der Waals surface area contributed by atoms with Crippen molar-refractivity contribution in [2.75, 3.05) is 7.11 Å². The fraction of sp³-hybridized carbons (Fsp3) is 0.455. The average molecular weight is 197 g/mol. The Balaban J connectivity index is 2.59. The van der Waals surface area contributed by atoms with E-state index in [1.54, 1.807) is 14.0 Å². The first-order chi connectivity index (χ1) is 6.72. The number of hydroxylamine groups is 1. The molecule has 78 valence electrons. The van der Waals surface area contributed by atoms with Crippen molar-refractivity contribution in [3.63, 3.8) is 0 Å². The van der Waals surface area contributed by atoms with Crippen LogP contribution in [0.25, 0.3) is 0 Å². The van der Waals surface area contributed by atoms with E-state index in [0.717, 1.165) is 11.1 Å². The fourth-order valence-electron chi connectivity index (χ4n) is 1.35. The Hall–Kier alpha value is -0.930. The molecule has 0 saturated carbocycles. The van der Waals surface area contributed by atoms with E-state index in [1.807, 2.05) is 24.3 Å². The summed E-state index contributed by atoms with van der Waals surface area (Å²) < 4.78 is 12.7. The molecule has 0 heterocycles. The molecule has 0 radical (unpaired) electrons. The van der Waals surface area contributed by atoms with Gasteiger partial charge in [-0.25, -0.2) is 4.39 Å². The molecule has 0 fully saturated rings. The van der Waals surface area contributed by atoms with Crippen LogP contribution in [0, 0.1) is 0 Å². The van der Waals surface area contributed by atoms with Gasteiger partial charge in [0.05, 0.1) is 7.11 Å². The van der Waals surface area contributed by atoms with Crippen molar-refractivity contribution in [1.29, 1.82) is 0 Å². The molecule has 1 aromatic carbocycles. The van der Waals surface area contributed by atoms with Gasteiger partial charge in [0.25, 0.3) is 0 Å². The van der Waals surface area contributed by atoms with E-state index in [2.05, 4.69) is 5.48 Å². The second kappa shape index (κ2) is 5.73. The number of halogens is 1. The molecule has 3 heteroatoms. The van der Waals surface area contributed by atoms with Gasteiger partial charge in [0.1, 0.15) is 6.17 Å². The summed E-state index contributed by atoms with van der Waals surface area (Å²) in [5.74, 6) is 0. The zero-order valence-corrected chi connectivity index (χ0v) is 8.59. The van der Waals surface area contributed by atoms with Crippen molar-refractivity contribution in [3.05, 3.63) is 35.4 Å². The smallest absolute Gasteiger partial charge is 0.101 e. The highest BCUT2D eigenvalue weighted by Gasteiger charge is 2.01.